The topological polar surface area (TPSA) is 32.3 Å². The molecule has 0 saturated heterocycles. The molecule has 94 valence electrons. The molecule has 0 aliphatic heterocycles. The molecule has 0 bridgehead atoms. The van der Waals surface area contributed by atoms with Crippen LogP contribution in [0.4, 0.5) is 0 Å². The van der Waals surface area contributed by atoms with E-state index in [1.807, 2.05) is 0 Å². The first-order valence-electron chi connectivity index (χ1n) is 7.17. The minimum atomic E-state index is -0.0891. The van der Waals surface area contributed by atoms with Crippen LogP contribution in [0.3, 0.4) is 0 Å². The van der Waals surface area contributed by atoms with E-state index in [0.717, 1.165) is 12.5 Å². The van der Waals surface area contributed by atoms with E-state index in [9.17, 15) is 5.11 Å². The fraction of sp³-hybridized carbons (Fsp3) is 1.00. The van der Waals surface area contributed by atoms with Crippen molar-refractivity contribution >= 4 is 0 Å². The van der Waals surface area contributed by atoms with Gasteiger partial charge in [-0.2, -0.15) is 0 Å². The molecule has 0 aromatic carbocycles. The van der Waals surface area contributed by atoms with E-state index in [-0.39, 0.29) is 6.10 Å². The van der Waals surface area contributed by atoms with Crippen molar-refractivity contribution in [2.75, 3.05) is 6.54 Å². The van der Waals surface area contributed by atoms with E-state index in [0.29, 0.717) is 12.0 Å². The largest absolute Gasteiger partial charge is 0.392 e. The molecule has 2 aliphatic carbocycles. The Bertz CT molecular complexity index is 197. The standard InChI is InChI=1S/C14H27NO/c1-11(9-12-5-3-2-4-6-12)15-10-14(16)13-7-8-13/h11-16H,2-10H2,1H3. The molecule has 0 heterocycles. The second kappa shape index (κ2) is 6.02. The highest BCUT2D eigenvalue weighted by Gasteiger charge is 2.29. The molecule has 2 atom stereocenters. The van der Waals surface area contributed by atoms with Crippen molar-refractivity contribution in [2.24, 2.45) is 11.8 Å². The molecule has 0 aromatic heterocycles. The molecule has 2 rings (SSSR count). The zero-order valence-electron chi connectivity index (χ0n) is 10.6. The highest BCUT2D eigenvalue weighted by atomic mass is 16.3. The van der Waals surface area contributed by atoms with Crippen LogP contribution in [0.1, 0.15) is 58.3 Å². The third-order valence-corrected chi connectivity index (χ3v) is 4.25. The molecule has 16 heavy (non-hydrogen) atoms. The Balaban J connectivity index is 1.57. The van der Waals surface area contributed by atoms with Crippen LogP contribution in [0.25, 0.3) is 0 Å². The Morgan fingerprint density at radius 3 is 2.44 bits per heavy atom. The normalized spacial score (nSPS) is 26.6. The first-order valence-corrected chi connectivity index (χ1v) is 7.17. The van der Waals surface area contributed by atoms with Gasteiger partial charge in [-0.25, -0.2) is 0 Å². The van der Waals surface area contributed by atoms with E-state index in [1.54, 1.807) is 0 Å². The maximum Gasteiger partial charge on any atom is 0.0692 e. The number of aliphatic hydroxyl groups excluding tert-OH is 1. The van der Waals surface area contributed by atoms with Crippen LogP contribution in [0.2, 0.25) is 0 Å². The zero-order chi connectivity index (χ0) is 11.4. The minimum absolute atomic E-state index is 0.0891. The second-order valence-electron chi connectivity index (χ2n) is 5.95. The second-order valence-corrected chi connectivity index (χ2v) is 5.95. The fourth-order valence-electron chi connectivity index (χ4n) is 2.98. The summed E-state index contributed by atoms with van der Waals surface area (Å²) >= 11 is 0. The summed E-state index contributed by atoms with van der Waals surface area (Å²) in [6.07, 6.45) is 10.8. The number of aliphatic hydroxyl groups is 1. The molecular weight excluding hydrogens is 198 g/mol. The predicted molar refractivity (Wildman–Crippen MR) is 67.4 cm³/mol. The minimum Gasteiger partial charge on any atom is -0.392 e. The Morgan fingerprint density at radius 1 is 1.12 bits per heavy atom. The lowest BCUT2D eigenvalue weighted by molar-refractivity contribution is 0.142. The number of nitrogens with one attached hydrogen (secondary N) is 1. The molecule has 0 radical (unpaired) electrons. The summed E-state index contributed by atoms with van der Waals surface area (Å²) in [5, 5.41) is 13.3. The van der Waals surface area contributed by atoms with Crippen molar-refractivity contribution in [1.29, 1.82) is 0 Å². The predicted octanol–water partition coefficient (Wildman–Crippen LogP) is 2.71. The Morgan fingerprint density at radius 2 is 1.81 bits per heavy atom. The van der Waals surface area contributed by atoms with Crippen LogP contribution in [0.15, 0.2) is 0 Å². The maximum absolute atomic E-state index is 9.78. The van der Waals surface area contributed by atoms with Crippen LogP contribution in [-0.4, -0.2) is 23.8 Å². The van der Waals surface area contributed by atoms with Gasteiger partial charge in [0.25, 0.3) is 0 Å². The van der Waals surface area contributed by atoms with Gasteiger partial charge in [0.05, 0.1) is 6.10 Å². The third kappa shape index (κ3) is 4.06. The van der Waals surface area contributed by atoms with Crippen molar-refractivity contribution in [2.45, 2.75) is 70.4 Å². The lowest BCUT2D eigenvalue weighted by Crippen LogP contribution is -2.36. The van der Waals surface area contributed by atoms with Crippen molar-refractivity contribution in [3.8, 4) is 0 Å². The van der Waals surface area contributed by atoms with Crippen molar-refractivity contribution in [1.82, 2.24) is 5.32 Å². The van der Waals surface area contributed by atoms with Crippen molar-refractivity contribution < 1.29 is 5.11 Å². The van der Waals surface area contributed by atoms with Crippen molar-refractivity contribution in [3.05, 3.63) is 0 Å². The van der Waals surface area contributed by atoms with Crippen LogP contribution in [0, 0.1) is 11.8 Å². The summed E-state index contributed by atoms with van der Waals surface area (Å²) in [5.74, 6) is 1.55. The van der Waals surface area contributed by atoms with Gasteiger partial charge in [-0.05, 0) is 38.0 Å². The highest BCUT2D eigenvalue weighted by molar-refractivity contribution is 4.83. The zero-order valence-corrected chi connectivity index (χ0v) is 10.6. The van der Waals surface area contributed by atoms with E-state index >= 15 is 0 Å². The first kappa shape index (κ1) is 12.4. The van der Waals surface area contributed by atoms with Crippen LogP contribution < -0.4 is 5.32 Å². The molecule has 2 aliphatic rings. The monoisotopic (exact) mass is 225 g/mol. The number of rotatable bonds is 6. The first-order chi connectivity index (χ1) is 7.75. The lowest BCUT2D eigenvalue weighted by atomic mass is 9.85. The van der Waals surface area contributed by atoms with Gasteiger partial charge in [0, 0.05) is 12.6 Å². The van der Waals surface area contributed by atoms with Gasteiger partial charge in [-0.1, -0.05) is 32.1 Å². The molecule has 0 aromatic rings. The molecular formula is C14H27NO. The number of hydrogen-bond acceptors (Lipinski definition) is 2. The van der Waals surface area contributed by atoms with Gasteiger partial charge in [0.1, 0.15) is 0 Å². The summed E-state index contributed by atoms with van der Waals surface area (Å²) in [4.78, 5) is 0. The summed E-state index contributed by atoms with van der Waals surface area (Å²) < 4.78 is 0. The third-order valence-electron chi connectivity index (χ3n) is 4.25. The fourth-order valence-corrected chi connectivity index (χ4v) is 2.98. The maximum atomic E-state index is 9.78. The van der Waals surface area contributed by atoms with Gasteiger partial charge >= 0.3 is 0 Å². The SMILES string of the molecule is CC(CC1CCCCC1)NCC(O)C1CC1. The lowest BCUT2D eigenvalue weighted by Gasteiger charge is -2.25. The summed E-state index contributed by atoms with van der Waals surface area (Å²) in [6.45, 7) is 3.08. The average molecular weight is 225 g/mol. The van der Waals surface area contributed by atoms with Crippen LogP contribution in [-0.2, 0) is 0 Å². The summed E-state index contributed by atoms with van der Waals surface area (Å²) in [5.41, 5.74) is 0. The average Bonchev–Trinajstić information content (AvgIpc) is 3.11. The Labute approximate surface area is 99.8 Å². The van der Waals surface area contributed by atoms with Crippen molar-refractivity contribution in [3.63, 3.8) is 0 Å². The smallest absolute Gasteiger partial charge is 0.0692 e. The molecule has 2 unspecified atom stereocenters. The van der Waals surface area contributed by atoms with Gasteiger partial charge < -0.3 is 10.4 Å². The van der Waals surface area contributed by atoms with Gasteiger partial charge in [0.15, 0.2) is 0 Å². The number of hydrogen-bond donors (Lipinski definition) is 2. The van der Waals surface area contributed by atoms with Gasteiger partial charge in [-0.15, -0.1) is 0 Å². The molecule has 2 N–H and O–H groups in total. The summed E-state index contributed by atoms with van der Waals surface area (Å²) in [7, 11) is 0. The Hall–Kier alpha value is -0.0800. The molecule has 2 fully saturated rings. The van der Waals surface area contributed by atoms with E-state index < -0.39 is 0 Å². The van der Waals surface area contributed by atoms with Gasteiger partial charge in [-0.3, -0.25) is 0 Å². The van der Waals surface area contributed by atoms with Gasteiger partial charge in [0.2, 0.25) is 0 Å². The summed E-state index contributed by atoms with van der Waals surface area (Å²) in [6, 6.07) is 0.580. The van der Waals surface area contributed by atoms with E-state index in [1.165, 1.54) is 51.4 Å². The van der Waals surface area contributed by atoms with Crippen LogP contribution in [0.5, 0.6) is 0 Å². The van der Waals surface area contributed by atoms with E-state index in [2.05, 4.69) is 12.2 Å². The highest BCUT2D eigenvalue weighted by Crippen LogP contribution is 2.32. The molecule has 2 heteroatoms. The quantitative estimate of drug-likeness (QED) is 0.728. The Kier molecular flexibility index (Phi) is 4.66. The molecule has 2 nitrogen and oxygen atoms in total. The molecule has 2 saturated carbocycles. The molecule has 0 spiro atoms. The van der Waals surface area contributed by atoms with Crippen LogP contribution >= 0.6 is 0 Å². The van der Waals surface area contributed by atoms with E-state index in [4.69, 9.17) is 0 Å². The molecule has 0 amide bonds.